The van der Waals surface area contributed by atoms with Crippen molar-refractivity contribution in [1.29, 1.82) is 0 Å². The molecule has 32 heavy (non-hydrogen) atoms. The van der Waals surface area contributed by atoms with Crippen LogP contribution < -0.4 is 4.74 Å². The first-order valence-electron chi connectivity index (χ1n) is 10.8. The summed E-state index contributed by atoms with van der Waals surface area (Å²) in [6, 6.07) is 18.1. The molecule has 0 saturated carbocycles. The summed E-state index contributed by atoms with van der Waals surface area (Å²) in [5.74, 6) is 1.59. The van der Waals surface area contributed by atoms with Gasteiger partial charge in [-0.3, -0.25) is 4.79 Å². The molecule has 1 fully saturated rings. The highest BCUT2D eigenvalue weighted by atomic mass is 32.2. The molecular weight excluding hydrogens is 424 g/mol. The van der Waals surface area contributed by atoms with Gasteiger partial charge in [-0.25, -0.2) is 0 Å². The van der Waals surface area contributed by atoms with Crippen LogP contribution in [0.15, 0.2) is 59.8 Å². The topological polar surface area (TPSA) is 69.5 Å². The van der Waals surface area contributed by atoms with Gasteiger partial charge in [-0.05, 0) is 31.0 Å². The van der Waals surface area contributed by atoms with Gasteiger partial charge in [-0.15, -0.1) is 10.2 Å². The number of hydrogen-bond acceptors (Lipinski definition) is 6. The molecule has 1 unspecified atom stereocenters. The van der Waals surface area contributed by atoms with E-state index in [0.717, 1.165) is 28.7 Å². The zero-order valence-electron chi connectivity index (χ0n) is 18.4. The Labute approximate surface area is 192 Å². The number of hydrogen-bond donors (Lipinski definition) is 0. The van der Waals surface area contributed by atoms with Crippen LogP contribution in [-0.2, 0) is 22.5 Å². The van der Waals surface area contributed by atoms with E-state index >= 15 is 0 Å². The number of benzene rings is 2. The molecule has 1 aromatic heterocycles. The molecule has 0 bridgehead atoms. The highest BCUT2D eigenvalue weighted by Crippen LogP contribution is 2.32. The largest absolute Gasteiger partial charge is 0.496 e. The summed E-state index contributed by atoms with van der Waals surface area (Å²) in [5, 5.41) is 9.44. The Morgan fingerprint density at radius 1 is 1.09 bits per heavy atom. The lowest BCUT2D eigenvalue weighted by Crippen LogP contribution is -2.44. The lowest BCUT2D eigenvalue weighted by atomic mass is 10.1. The van der Waals surface area contributed by atoms with Gasteiger partial charge in [0.1, 0.15) is 5.75 Å². The van der Waals surface area contributed by atoms with E-state index in [0.29, 0.717) is 32.8 Å². The Morgan fingerprint density at radius 2 is 1.81 bits per heavy atom. The number of carbonyl (C=O) groups is 1. The lowest BCUT2D eigenvalue weighted by molar-refractivity contribution is -0.134. The van der Waals surface area contributed by atoms with Gasteiger partial charge in [-0.1, -0.05) is 54.2 Å². The summed E-state index contributed by atoms with van der Waals surface area (Å²) in [4.78, 5) is 14.8. The molecule has 0 N–H and O–H groups in total. The van der Waals surface area contributed by atoms with Crippen molar-refractivity contribution in [2.45, 2.75) is 30.3 Å². The van der Waals surface area contributed by atoms with E-state index in [2.05, 4.69) is 26.9 Å². The second kappa shape index (κ2) is 10.7. The van der Waals surface area contributed by atoms with Gasteiger partial charge in [0.2, 0.25) is 5.91 Å². The molecular formula is C24H28N4O3S. The monoisotopic (exact) mass is 452 g/mol. The summed E-state index contributed by atoms with van der Waals surface area (Å²) in [6.45, 7) is 5.09. The van der Waals surface area contributed by atoms with Crippen molar-refractivity contribution in [2.24, 2.45) is 0 Å². The number of amides is 1. The molecule has 2 aromatic carbocycles. The van der Waals surface area contributed by atoms with Gasteiger partial charge in [0.05, 0.1) is 31.1 Å². The minimum Gasteiger partial charge on any atom is -0.496 e. The van der Waals surface area contributed by atoms with E-state index in [-0.39, 0.29) is 11.2 Å². The second-order valence-electron chi connectivity index (χ2n) is 7.59. The minimum absolute atomic E-state index is 0.106. The summed E-state index contributed by atoms with van der Waals surface area (Å²) in [6.07, 6.45) is 0.834. The summed E-state index contributed by atoms with van der Waals surface area (Å²) in [7, 11) is 1.66. The summed E-state index contributed by atoms with van der Waals surface area (Å²) < 4.78 is 13.0. The normalized spacial score (nSPS) is 14.9. The molecule has 1 aliphatic rings. The minimum atomic E-state index is -0.265. The van der Waals surface area contributed by atoms with Crippen molar-refractivity contribution in [3.05, 3.63) is 60.2 Å². The Hall–Kier alpha value is -2.84. The molecule has 3 aromatic rings. The molecule has 168 valence electrons. The molecule has 1 atom stereocenters. The maximum absolute atomic E-state index is 12.9. The number of ether oxygens (including phenoxy) is 2. The van der Waals surface area contributed by atoms with Gasteiger partial charge in [0, 0.05) is 19.6 Å². The van der Waals surface area contributed by atoms with Crippen molar-refractivity contribution in [3.63, 3.8) is 0 Å². The van der Waals surface area contributed by atoms with E-state index in [9.17, 15) is 4.79 Å². The van der Waals surface area contributed by atoms with E-state index < -0.39 is 0 Å². The number of nitrogens with zero attached hydrogens (tertiary/aromatic N) is 4. The van der Waals surface area contributed by atoms with Crippen LogP contribution in [0.4, 0.5) is 0 Å². The molecule has 8 heteroatoms. The predicted octanol–water partition coefficient (Wildman–Crippen LogP) is 3.54. The number of aryl methyl sites for hydroxylation is 1. The van der Waals surface area contributed by atoms with Crippen molar-refractivity contribution < 1.29 is 14.3 Å². The zero-order valence-corrected chi connectivity index (χ0v) is 19.3. The van der Waals surface area contributed by atoms with Crippen molar-refractivity contribution in [1.82, 2.24) is 19.7 Å². The van der Waals surface area contributed by atoms with Crippen LogP contribution in [0.1, 0.15) is 12.5 Å². The fourth-order valence-electron chi connectivity index (χ4n) is 3.74. The number of rotatable bonds is 8. The Kier molecular flexibility index (Phi) is 7.44. The predicted molar refractivity (Wildman–Crippen MR) is 125 cm³/mol. The van der Waals surface area contributed by atoms with Crippen molar-refractivity contribution in [2.75, 3.05) is 33.4 Å². The van der Waals surface area contributed by atoms with E-state index in [1.807, 2.05) is 54.3 Å². The van der Waals surface area contributed by atoms with Crippen LogP contribution in [-0.4, -0.2) is 64.2 Å². The third-order valence-electron chi connectivity index (χ3n) is 5.48. The summed E-state index contributed by atoms with van der Waals surface area (Å²) in [5.41, 5.74) is 2.12. The average molecular weight is 453 g/mol. The Bertz CT molecular complexity index is 1030. The van der Waals surface area contributed by atoms with Crippen LogP contribution in [0, 0.1) is 0 Å². The maximum Gasteiger partial charge on any atom is 0.236 e. The fraction of sp³-hybridized carbons (Fsp3) is 0.375. The standard InChI is InChI=1S/C24H28N4O3S/c1-18(23(29)27-14-16-31-17-15-27)32-24-26-25-22(20-10-6-7-11-21(20)30-2)28(24)13-12-19-8-4-3-5-9-19/h3-11,18H,12-17H2,1-2H3. The van der Waals surface area contributed by atoms with Gasteiger partial charge in [0.25, 0.3) is 0 Å². The number of para-hydroxylation sites is 1. The average Bonchev–Trinajstić information content (AvgIpc) is 3.25. The van der Waals surface area contributed by atoms with Gasteiger partial charge in [0.15, 0.2) is 11.0 Å². The molecule has 1 aliphatic heterocycles. The zero-order chi connectivity index (χ0) is 22.3. The second-order valence-corrected chi connectivity index (χ2v) is 8.90. The molecule has 7 nitrogen and oxygen atoms in total. The van der Waals surface area contributed by atoms with Gasteiger partial charge in [-0.2, -0.15) is 0 Å². The van der Waals surface area contributed by atoms with Crippen LogP contribution in [0.2, 0.25) is 0 Å². The highest BCUT2D eigenvalue weighted by molar-refractivity contribution is 8.00. The number of thioether (sulfide) groups is 1. The lowest BCUT2D eigenvalue weighted by Gasteiger charge is -2.28. The molecule has 0 aliphatic carbocycles. The molecule has 2 heterocycles. The first-order chi connectivity index (χ1) is 15.7. The first kappa shape index (κ1) is 22.4. The smallest absolute Gasteiger partial charge is 0.236 e. The quantitative estimate of drug-likeness (QED) is 0.487. The van der Waals surface area contributed by atoms with Crippen molar-refractivity contribution in [3.8, 4) is 17.1 Å². The van der Waals surface area contributed by atoms with Crippen LogP contribution in [0.5, 0.6) is 5.75 Å². The van der Waals surface area contributed by atoms with E-state index in [1.54, 1.807) is 7.11 Å². The third-order valence-corrected chi connectivity index (χ3v) is 6.55. The van der Waals surface area contributed by atoms with E-state index in [1.165, 1.54) is 17.3 Å². The first-order valence-corrected chi connectivity index (χ1v) is 11.7. The van der Waals surface area contributed by atoms with Gasteiger partial charge >= 0.3 is 0 Å². The Morgan fingerprint density at radius 3 is 2.56 bits per heavy atom. The van der Waals surface area contributed by atoms with Crippen LogP contribution in [0.25, 0.3) is 11.4 Å². The van der Waals surface area contributed by atoms with E-state index in [4.69, 9.17) is 9.47 Å². The molecule has 0 spiro atoms. The third kappa shape index (κ3) is 5.14. The highest BCUT2D eigenvalue weighted by Gasteiger charge is 2.26. The molecule has 0 radical (unpaired) electrons. The van der Waals surface area contributed by atoms with Crippen LogP contribution in [0.3, 0.4) is 0 Å². The summed E-state index contributed by atoms with van der Waals surface area (Å²) >= 11 is 1.45. The van der Waals surface area contributed by atoms with Crippen molar-refractivity contribution >= 4 is 17.7 Å². The number of morpholine rings is 1. The molecule has 1 saturated heterocycles. The number of carbonyl (C=O) groups excluding carboxylic acids is 1. The fourth-order valence-corrected chi connectivity index (χ4v) is 4.70. The molecule has 1 amide bonds. The van der Waals surface area contributed by atoms with Gasteiger partial charge < -0.3 is 18.9 Å². The number of aromatic nitrogens is 3. The van der Waals surface area contributed by atoms with Crippen LogP contribution >= 0.6 is 11.8 Å². The number of methoxy groups -OCH3 is 1. The maximum atomic E-state index is 12.9. The molecule has 4 rings (SSSR count). The SMILES string of the molecule is COc1ccccc1-c1nnc(SC(C)C(=O)N2CCOCC2)n1CCc1ccccc1. The Balaban J connectivity index is 1.60.